The molecule has 2 aromatic carbocycles. The molecule has 1 atom stereocenters. The van der Waals surface area contributed by atoms with E-state index in [1.54, 1.807) is 18.4 Å². The molecule has 4 rings (SSSR count). The number of benzene rings is 2. The van der Waals surface area contributed by atoms with Gasteiger partial charge in [-0.3, -0.25) is 0 Å². The second kappa shape index (κ2) is 10.4. The minimum absolute atomic E-state index is 0. The van der Waals surface area contributed by atoms with Crippen molar-refractivity contribution in [1.29, 1.82) is 0 Å². The molecule has 29 heavy (non-hydrogen) atoms. The Labute approximate surface area is 180 Å². The second-order valence-electron chi connectivity index (χ2n) is 6.46. The molecule has 2 heterocycles. The number of fused-ring (bicyclic) bond motifs is 1. The molecule has 5 nitrogen and oxygen atoms in total. The van der Waals surface area contributed by atoms with Gasteiger partial charge in [0.2, 0.25) is 0 Å². The average molecular weight is 431 g/mol. The van der Waals surface area contributed by atoms with E-state index >= 15 is 0 Å². The summed E-state index contributed by atoms with van der Waals surface area (Å²) in [6.07, 6.45) is -0.0385. The summed E-state index contributed by atoms with van der Waals surface area (Å²) >= 11 is 1.63. The van der Waals surface area contributed by atoms with Crippen LogP contribution in [0.25, 0.3) is 21.5 Å². The highest BCUT2D eigenvalue weighted by Gasteiger charge is 2.13. The van der Waals surface area contributed by atoms with Crippen LogP contribution in [0.2, 0.25) is 0 Å². The zero-order chi connectivity index (χ0) is 19.2. The van der Waals surface area contributed by atoms with E-state index in [1.807, 2.05) is 53.9 Å². The van der Waals surface area contributed by atoms with Gasteiger partial charge in [-0.2, -0.15) is 0 Å². The lowest BCUT2D eigenvalue weighted by Gasteiger charge is -2.17. The molecular weight excluding hydrogens is 408 g/mol. The Morgan fingerprint density at radius 2 is 1.97 bits per heavy atom. The van der Waals surface area contributed by atoms with Crippen molar-refractivity contribution in [3.63, 3.8) is 0 Å². The average Bonchev–Trinajstić information content (AvgIpc) is 3.35. The number of aromatic nitrogens is 1. The molecule has 0 saturated carbocycles. The summed E-state index contributed by atoms with van der Waals surface area (Å²) < 4.78 is 17.9. The number of hydrogen-bond acceptors (Lipinski definition) is 6. The van der Waals surface area contributed by atoms with E-state index in [0.29, 0.717) is 13.2 Å². The highest BCUT2D eigenvalue weighted by Crippen LogP contribution is 2.33. The number of hydrogen-bond donors (Lipinski definition) is 1. The van der Waals surface area contributed by atoms with Gasteiger partial charge in [-0.1, -0.05) is 47.6 Å². The van der Waals surface area contributed by atoms with Crippen LogP contribution in [0.4, 0.5) is 0 Å². The van der Waals surface area contributed by atoms with Gasteiger partial charge in [0.15, 0.2) is 5.58 Å². The van der Waals surface area contributed by atoms with E-state index in [0.717, 1.165) is 33.8 Å². The van der Waals surface area contributed by atoms with E-state index in [9.17, 15) is 0 Å². The lowest BCUT2D eigenvalue weighted by atomic mass is 10.1. The molecule has 0 spiro atoms. The molecule has 4 aromatic rings. The fourth-order valence-corrected chi connectivity index (χ4v) is 3.78. The fourth-order valence-electron chi connectivity index (χ4n) is 2.97. The van der Waals surface area contributed by atoms with Crippen molar-refractivity contribution in [3.8, 4) is 17.0 Å². The Kier molecular flexibility index (Phi) is 7.66. The van der Waals surface area contributed by atoms with Gasteiger partial charge < -0.3 is 19.3 Å². The Balaban J connectivity index is 0.00000240. The molecule has 0 fully saturated rings. The SMILES string of the molecule is COC(CNCc1ccccc1)COc1cccc(-c2noc3ccsc23)c1.Cl. The highest BCUT2D eigenvalue weighted by atomic mass is 35.5. The molecule has 1 unspecified atom stereocenters. The second-order valence-corrected chi connectivity index (χ2v) is 7.37. The van der Waals surface area contributed by atoms with Gasteiger partial charge >= 0.3 is 0 Å². The zero-order valence-corrected chi connectivity index (χ0v) is 17.7. The number of nitrogens with one attached hydrogen (secondary N) is 1. The summed E-state index contributed by atoms with van der Waals surface area (Å²) in [5, 5.41) is 9.61. The molecule has 1 N–H and O–H groups in total. The summed E-state index contributed by atoms with van der Waals surface area (Å²) in [5.74, 6) is 0.787. The number of nitrogens with zero attached hydrogens (tertiary/aromatic N) is 1. The lowest BCUT2D eigenvalue weighted by Crippen LogP contribution is -2.32. The van der Waals surface area contributed by atoms with Crippen LogP contribution in [0.1, 0.15) is 5.56 Å². The Morgan fingerprint density at radius 1 is 1.10 bits per heavy atom. The van der Waals surface area contributed by atoms with Gasteiger partial charge in [0.05, 0.1) is 0 Å². The molecular formula is C22H23ClN2O3S. The van der Waals surface area contributed by atoms with Gasteiger partial charge in [0.1, 0.15) is 28.9 Å². The molecule has 2 aromatic heterocycles. The molecule has 7 heteroatoms. The number of rotatable bonds is 9. The maximum atomic E-state index is 5.97. The molecule has 0 aliphatic rings. The van der Waals surface area contributed by atoms with E-state index < -0.39 is 0 Å². The maximum Gasteiger partial charge on any atom is 0.178 e. The molecule has 0 radical (unpaired) electrons. The zero-order valence-electron chi connectivity index (χ0n) is 16.0. The van der Waals surface area contributed by atoms with Crippen molar-refractivity contribution in [3.05, 3.63) is 71.6 Å². The topological polar surface area (TPSA) is 56.5 Å². The number of thiophene rings is 1. The van der Waals surface area contributed by atoms with Crippen molar-refractivity contribution in [2.75, 3.05) is 20.3 Å². The quantitative estimate of drug-likeness (QED) is 0.397. The third kappa shape index (κ3) is 5.36. The fraction of sp³-hybridized carbons (Fsp3) is 0.227. The summed E-state index contributed by atoms with van der Waals surface area (Å²) in [7, 11) is 1.71. The van der Waals surface area contributed by atoms with Crippen molar-refractivity contribution in [2.45, 2.75) is 12.6 Å². The first kappa shape index (κ1) is 21.3. The lowest BCUT2D eigenvalue weighted by molar-refractivity contribution is 0.0579. The predicted molar refractivity (Wildman–Crippen MR) is 119 cm³/mol. The molecule has 152 valence electrons. The summed E-state index contributed by atoms with van der Waals surface area (Å²) in [5.41, 5.74) is 3.90. The van der Waals surface area contributed by atoms with Gasteiger partial charge in [-0.15, -0.1) is 23.7 Å². The van der Waals surface area contributed by atoms with Crippen molar-refractivity contribution >= 4 is 34.0 Å². The first-order valence-corrected chi connectivity index (χ1v) is 10.0. The first-order valence-electron chi connectivity index (χ1n) is 9.17. The van der Waals surface area contributed by atoms with E-state index in [2.05, 4.69) is 22.6 Å². The minimum atomic E-state index is -0.0385. The van der Waals surface area contributed by atoms with Crippen LogP contribution in [0.3, 0.4) is 0 Å². The normalized spacial score (nSPS) is 11.9. The van der Waals surface area contributed by atoms with Gasteiger partial charge in [-0.25, -0.2) is 0 Å². The van der Waals surface area contributed by atoms with Crippen LogP contribution in [0.15, 0.2) is 70.6 Å². The van der Waals surface area contributed by atoms with Crippen molar-refractivity contribution < 1.29 is 14.0 Å². The first-order chi connectivity index (χ1) is 13.8. The molecule has 0 amide bonds. The van der Waals surface area contributed by atoms with Crippen LogP contribution in [-0.2, 0) is 11.3 Å². The molecule has 0 saturated heterocycles. The van der Waals surface area contributed by atoms with E-state index in [4.69, 9.17) is 14.0 Å². The Hall–Kier alpha value is -2.38. The van der Waals surface area contributed by atoms with Crippen LogP contribution in [0, 0.1) is 0 Å². The van der Waals surface area contributed by atoms with Crippen LogP contribution >= 0.6 is 23.7 Å². The third-order valence-electron chi connectivity index (χ3n) is 4.50. The minimum Gasteiger partial charge on any atom is -0.491 e. The number of halogens is 1. The Morgan fingerprint density at radius 3 is 2.79 bits per heavy atom. The van der Waals surface area contributed by atoms with E-state index in [1.165, 1.54) is 5.56 Å². The smallest absolute Gasteiger partial charge is 0.178 e. The number of methoxy groups -OCH3 is 1. The van der Waals surface area contributed by atoms with E-state index in [-0.39, 0.29) is 18.5 Å². The third-order valence-corrected chi connectivity index (χ3v) is 5.40. The van der Waals surface area contributed by atoms with Gasteiger partial charge in [0, 0.05) is 25.8 Å². The summed E-state index contributed by atoms with van der Waals surface area (Å²) in [6.45, 7) is 1.98. The van der Waals surface area contributed by atoms with Crippen molar-refractivity contribution in [2.24, 2.45) is 0 Å². The summed E-state index contributed by atoms with van der Waals surface area (Å²) in [4.78, 5) is 0. The molecule has 0 aliphatic heterocycles. The maximum absolute atomic E-state index is 5.97. The van der Waals surface area contributed by atoms with Crippen LogP contribution in [-0.4, -0.2) is 31.5 Å². The monoisotopic (exact) mass is 430 g/mol. The predicted octanol–water partition coefficient (Wildman–Crippen LogP) is 5.16. The molecule has 0 aliphatic carbocycles. The Bertz CT molecular complexity index is 1020. The van der Waals surface area contributed by atoms with Crippen LogP contribution < -0.4 is 10.1 Å². The summed E-state index contributed by atoms with van der Waals surface area (Å²) in [6, 6.07) is 20.2. The van der Waals surface area contributed by atoms with Gasteiger partial charge in [0.25, 0.3) is 0 Å². The van der Waals surface area contributed by atoms with Crippen molar-refractivity contribution in [1.82, 2.24) is 10.5 Å². The van der Waals surface area contributed by atoms with Gasteiger partial charge in [-0.05, 0) is 29.1 Å². The standard InChI is InChI=1S/C22H22N2O3S.ClH/c1-25-19(14-23-13-16-6-3-2-4-7-16)15-26-18-9-5-8-17(12-18)21-22-20(27-24-21)10-11-28-22;/h2-12,19,23H,13-15H2,1H3;1H. The van der Waals surface area contributed by atoms with Crippen LogP contribution in [0.5, 0.6) is 5.75 Å². The number of ether oxygens (including phenoxy) is 2. The largest absolute Gasteiger partial charge is 0.491 e. The highest BCUT2D eigenvalue weighted by molar-refractivity contribution is 7.17. The molecule has 0 bridgehead atoms.